The van der Waals surface area contributed by atoms with Gasteiger partial charge in [0, 0.05) is 58.4 Å². The first-order valence-corrected chi connectivity index (χ1v) is 12.4. The summed E-state index contributed by atoms with van der Waals surface area (Å²) >= 11 is 0. The van der Waals surface area contributed by atoms with Gasteiger partial charge in [0.15, 0.2) is 6.10 Å². The summed E-state index contributed by atoms with van der Waals surface area (Å²) in [6.45, 7) is 5.64. The minimum Gasteiger partial charge on any atom is -0.477 e. The molecule has 0 saturated carbocycles. The maximum Gasteiger partial charge on any atom is 0.265 e. The third-order valence-electron chi connectivity index (χ3n) is 7.01. The second-order valence-corrected chi connectivity index (χ2v) is 9.21. The highest BCUT2D eigenvalue weighted by molar-refractivity contribution is 5.84. The molecule has 8 nitrogen and oxygen atoms in total. The van der Waals surface area contributed by atoms with Crippen LogP contribution in [0.25, 0.3) is 0 Å². The Kier molecular flexibility index (Phi) is 6.83. The molecule has 3 aliphatic rings. The highest BCUT2D eigenvalue weighted by Gasteiger charge is 2.34. The van der Waals surface area contributed by atoms with Crippen LogP contribution in [0.2, 0.25) is 0 Å². The van der Waals surface area contributed by atoms with E-state index >= 15 is 0 Å². The predicted octanol–water partition coefficient (Wildman–Crippen LogP) is 2.40. The molecular formula is C26H33N5O3. The zero-order chi connectivity index (χ0) is 23.3. The fourth-order valence-corrected chi connectivity index (χ4v) is 5.08. The molecule has 3 aliphatic heterocycles. The summed E-state index contributed by atoms with van der Waals surface area (Å²) in [4.78, 5) is 38.8. The van der Waals surface area contributed by atoms with Crippen molar-refractivity contribution in [2.45, 2.75) is 31.8 Å². The second-order valence-electron chi connectivity index (χ2n) is 9.21. The molecule has 1 unspecified atom stereocenters. The van der Waals surface area contributed by atoms with Crippen LogP contribution in [0.1, 0.15) is 25.7 Å². The fourth-order valence-electron chi connectivity index (χ4n) is 5.08. The number of piperazine rings is 1. The average Bonchev–Trinajstić information content (AvgIpc) is 2.92. The number of hydrogen-bond donors (Lipinski definition) is 0. The van der Waals surface area contributed by atoms with Gasteiger partial charge in [0.05, 0.1) is 12.2 Å². The number of fused-ring (bicyclic) bond motifs is 1. The summed E-state index contributed by atoms with van der Waals surface area (Å²) in [6.07, 6.45) is 4.99. The molecule has 1 atom stereocenters. The van der Waals surface area contributed by atoms with Gasteiger partial charge in [-0.3, -0.25) is 9.59 Å². The third kappa shape index (κ3) is 4.95. The van der Waals surface area contributed by atoms with Gasteiger partial charge in [0.25, 0.3) is 5.91 Å². The van der Waals surface area contributed by atoms with Gasteiger partial charge in [-0.2, -0.15) is 0 Å². The van der Waals surface area contributed by atoms with Crippen LogP contribution < -0.4 is 14.5 Å². The Morgan fingerprint density at radius 2 is 1.65 bits per heavy atom. The summed E-state index contributed by atoms with van der Waals surface area (Å²) in [5.41, 5.74) is 0.956. The number of benzene rings is 1. The van der Waals surface area contributed by atoms with Crippen molar-refractivity contribution >= 4 is 23.3 Å². The van der Waals surface area contributed by atoms with Crippen molar-refractivity contribution < 1.29 is 14.3 Å². The van der Waals surface area contributed by atoms with Gasteiger partial charge >= 0.3 is 0 Å². The van der Waals surface area contributed by atoms with Crippen molar-refractivity contribution in [2.75, 3.05) is 62.2 Å². The lowest BCUT2D eigenvalue weighted by molar-refractivity contribution is -0.139. The number of pyridine rings is 1. The minimum absolute atomic E-state index is 0.0659. The van der Waals surface area contributed by atoms with Gasteiger partial charge in [-0.05, 0) is 43.5 Å². The number of likely N-dealkylation sites (tertiary alicyclic amines) is 1. The van der Waals surface area contributed by atoms with E-state index in [-0.39, 0.29) is 11.8 Å². The van der Waals surface area contributed by atoms with E-state index in [1.807, 2.05) is 52.3 Å². The van der Waals surface area contributed by atoms with Gasteiger partial charge < -0.3 is 24.3 Å². The highest BCUT2D eigenvalue weighted by atomic mass is 16.5. The zero-order valence-electron chi connectivity index (χ0n) is 19.6. The van der Waals surface area contributed by atoms with E-state index in [9.17, 15) is 9.59 Å². The van der Waals surface area contributed by atoms with Crippen LogP contribution in [0.5, 0.6) is 5.75 Å². The van der Waals surface area contributed by atoms with E-state index < -0.39 is 6.10 Å². The van der Waals surface area contributed by atoms with Crippen LogP contribution in [0.4, 0.5) is 11.5 Å². The van der Waals surface area contributed by atoms with Crippen LogP contribution in [-0.2, 0) is 9.59 Å². The Labute approximate surface area is 201 Å². The number of anilines is 2. The van der Waals surface area contributed by atoms with Crippen LogP contribution in [-0.4, -0.2) is 85.1 Å². The van der Waals surface area contributed by atoms with Crippen molar-refractivity contribution in [3.05, 3.63) is 48.7 Å². The smallest absolute Gasteiger partial charge is 0.265 e. The zero-order valence-corrected chi connectivity index (χ0v) is 19.6. The topological polar surface area (TPSA) is 69.2 Å². The Morgan fingerprint density at radius 1 is 0.882 bits per heavy atom. The standard InChI is InChI=1S/C26H33N5O3/c32-25(29-18-16-28(17-19-29)24-10-4-5-12-27-24)11-15-31-20-23(26(33)30-13-6-1-7-14-30)34-22-9-3-2-8-21(22)31/h2-5,8-10,12,23H,1,6-7,11,13-20H2. The summed E-state index contributed by atoms with van der Waals surface area (Å²) < 4.78 is 6.11. The lowest BCUT2D eigenvalue weighted by Crippen LogP contribution is -2.52. The minimum atomic E-state index is -0.523. The van der Waals surface area contributed by atoms with E-state index in [1.54, 1.807) is 6.20 Å². The van der Waals surface area contributed by atoms with E-state index in [0.717, 1.165) is 56.3 Å². The first-order valence-electron chi connectivity index (χ1n) is 12.4. The molecular weight excluding hydrogens is 430 g/mol. The van der Waals surface area contributed by atoms with Gasteiger partial charge in [0.1, 0.15) is 11.6 Å². The van der Waals surface area contributed by atoms with Crippen LogP contribution in [0.15, 0.2) is 48.7 Å². The molecule has 1 aromatic carbocycles. The van der Waals surface area contributed by atoms with Gasteiger partial charge in [-0.1, -0.05) is 18.2 Å². The first kappa shape index (κ1) is 22.5. The SMILES string of the molecule is O=C(CCN1CC(C(=O)N2CCCCC2)Oc2ccccc21)N1CCN(c2ccccn2)CC1. The molecule has 0 spiro atoms. The number of ether oxygens (including phenoxy) is 1. The van der Waals surface area contributed by atoms with E-state index in [1.165, 1.54) is 6.42 Å². The molecule has 8 heteroatoms. The van der Waals surface area contributed by atoms with Crippen LogP contribution in [0.3, 0.4) is 0 Å². The van der Waals surface area contributed by atoms with Crippen molar-refractivity contribution in [3.8, 4) is 5.75 Å². The fraction of sp³-hybridized carbons (Fsp3) is 0.500. The number of carbonyl (C=O) groups is 2. The van der Waals surface area contributed by atoms with Crippen LogP contribution >= 0.6 is 0 Å². The Morgan fingerprint density at radius 3 is 2.41 bits per heavy atom. The molecule has 4 heterocycles. The second kappa shape index (κ2) is 10.3. The highest BCUT2D eigenvalue weighted by Crippen LogP contribution is 2.34. The maximum absolute atomic E-state index is 13.1. The largest absolute Gasteiger partial charge is 0.477 e. The normalized spacial score (nSPS) is 20.5. The molecule has 0 bridgehead atoms. The molecule has 2 amide bonds. The number of piperidine rings is 1. The first-order chi connectivity index (χ1) is 16.7. The number of nitrogens with zero attached hydrogens (tertiary/aromatic N) is 5. The number of aromatic nitrogens is 1. The molecule has 2 fully saturated rings. The van der Waals surface area contributed by atoms with Crippen molar-refractivity contribution in [1.82, 2.24) is 14.8 Å². The molecule has 180 valence electrons. The van der Waals surface area contributed by atoms with Crippen molar-refractivity contribution in [3.63, 3.8) is 0 Å². The Balaban J connectivity index is 1.18. The van der Waals surface area contributed by atoms with E-state index in [2.05, 4.69) is 14.8 Å². The van der Waals surface area contributed by atoms with E-state index in [4.69, 9.17) is 4.74 Å². The summed E-state index contributed by atoms with van der Waals surface area (Å²) in [5, 5.41) is 0. The Hall–Kier alpha value is -3.29. The third-order valence-corrected chi connectivity index (χ3v) is 7.01. The van der Waals surface area contributed by atoms with Crippen molar-refractivity contribution in [2.24, 2.45) is 0 Å². The molecule has 1 aromatic heterocycles. The molecule has 5 rings (SSSR count). The molecule has 0 radical (unpaired) electrons. The Bertz CT molecular complexity index is 987. The predicted molar refractivity (Wildman–Crippen MR) is 131 cm³/mol. The number of rotatable bonds is 5. The van der Waals surface area contributed by atoms with Gasteiger partial charge in [-0.25, -0.2) is 4.98 Å². The number of hydrogen-bond acceptors (Lipinski definition) is 6. The molecule has 34 heavy (non-hydrogen) atoms. The van der Waals surface area contributed by atoms with Gasteiger partial charge in [0.2, 0.25) is 5.91 Å². The lowest BCUT2D eigenvalue weighted by Gasteiger charge is -2.39. The maximum atomic E-state index is 13.1. The van der Waals surface area contributed by atoms with Crippen molar-refractivity contribution in [1.29, 1.82) is 0 Å². The number of para-hydroxylation sites is 2. The summed E-state index contributed by atoms with van der Waals surface area (Å²) in [5.74, 6) is 1.91. The van der Waals surface area contributed by atoms with Crippen LogP contribution in [0, 0.1) is 0 Å². The quantitative estimate of drug-likeness (QED) is 0.678. The molecule has 2 saturated heterocycles. The van der Waals surface area contributed by atoms with Gasteiger partial charge in [-0.15, -0.1) is 0 Å². The lowest BCUT2D eigenvalue weighted by atomic mass is 10.1. The molecule has 0 aliphatic carbocycles. The molecule has 0 N–H and O–H groups in total. The average molecular weight is 464 g/mol. The molecule has 2 aromatic rings. The number of carbonyl (C=O) groups excluding carboxylic acids is 2. The number of amides is 2. The monoisotopic (exact) mass is 463 g/mol. The summed E-state index contributed by atoms with van der Waals surface area (Å²) in [6, 6.07) is 13.7. The van der Waals surface area contributed by atoms with E-state index in [0.29, 0.717) is 32.6 Å². The summed E-state index contributed by atoms with van der Waals surface area (Å²) in [7, 11) is 0.